The second-order valence-electron chi connectivity index (χ2n) is 4.58. The van der Waals surface area contributed by atoms with Gasteiger partial charge in [-0.05, 0) is 0 Å². The lowest BCUT2D eigenvalue weighted by Crippen LogP contribution is -2.41. The van der Waals surface area contributed by atoms with E-state index in [1.807, 2.05) is 5.32 Å². The molecule has 16 heavy (non-hydrogen) atoms. The lowest BCUT2D eigenvalue weighted by Gasteiger charge is -2.13. The number of piperidine rings is 1. The Bertz CT molecular complexity index is 429. The monoisotopic (exact) mass is 226 g/mol. The largest absolute Gasteiger partial charge is 0.480 e. The minimum atomic E-state index is -2.05. The molecule has 3 amide bonds. The molecular weight excluding hydrogens is 216 g/mol. The van der Waals surface area contributed by atoms with E-state index in [1.165, 1.54) is 13.8 Å². The first kappa shape index (κ1) is 10.6. The molecule has 4 N–H and O–H groups in total. The third-order valence-electron chi connectivity index (χ3n) is 3.97. The van der Waals surface area contributed by atoms with Crippen LogP contribution in [0.25, 0.3) is 0 Å². The minimum absolute atomic E-state index is 0.919. The Morgan fingerprint density at radius 1 is 1.19 bits per heavy atom. The lowest BCUT2D eigenvalue weighted by atomic mass is 9.94. The third-order valence-corrected chi connectivity index (χ3v) is 3.97. The van der Waals surface area contributed by atoms with Crippen molar-refractivity contribution >= 4 is 23.7 Å². The van der Waals surface area contributed by atoms with Gasteiger partial charge >= 0.3 is 5.97 Å². The number of nitrogens with two attached hydrogens (primary N) is 1. The van der Waals surface area contributed by atoms with Crippen LogP contribution in [0.1, 0.15) is 13.8 Å². The van der Waals surface area contributed by atoms with E-state index in [-0.39, 0.29) is 0 Å². The van der Waals surface area contributed by atoms with E-state index >= 15 is 0 Å². The summed E-state index contributed by atoms with van der Waals surface area (Å²) in [7, 11) is 0. The Morgan fingerprint density at radius 2 is 1.62 bits per heavy atom. The van der Waals surface area contributed by atoms with Gasteiger partial charge in [0.1, 0.15) is 0 Å². The molecule has 0 aromatic heterocycles. The summed E-state index contributed by atoms with van der Waals surface area (Å²) >= 11 is 0. The highest BCUT2D eigenvalue weighted by atomic mass is 16.4. The predicted octanol–water partition coefficient (Wildman–Crippen LogP) is -1.77. The van der Waals surface area contributed by atoms with Gasteiger partial charge in [-0.2, -0.15) is 0 Å². The van der Waals surface area contributed by atoms with Crippen molar-refractivity contribution in [2.24, 2.45) is 22.0 Å². The van der Waals surface area contributed by atoms with Gasteiger partial charge < -0.3 is 10.8 Å². The average molecular weight is 226 g/mol. The van der Waals surface area contributed by atoms with E-state index in [0.717, 1.165) is 0 Å². The molecule has 7 nitrogen and oxygen atoms in total. The Labute approximate surface area is 90.0 Å². The Morgan fingerprint density at radius 3 is 1.88 bits per heavy atom. The molecule has 0 aromatic rings. The number of amides is 3. The van der Waals surface area contributed by atoms with Crippen LogP contribution in [0.15, 0.2) is 0 Å². The maximum atomic E-state index is 11.6. The van der Waals surface area contributed by atoms with E-state index in [2.05, 4.69) is 0 Å². The van der Waals surface area contributed by atoms with Gasteiger partial charge in [-0.15, -0.1) is 0 Å². The summed E-state index contributed by atoms with van der Waals surface area (Å²) in [6, 6.07) is 0. The highest BCUT2D eigenvalue weighted by Gasteiger charge is 2.99. The molecule has 1 saturated carbocycles. The third kappa shape index (κ3) is 0.568. The highest BCUT2D eigenvalue weighted by molar-refractivity contribution is 6.33. The zero-order chi connectivity index (χ0) is 12.5. The van der Waals surface area contributed by atoms with Crippen molar-refractivity contribution in [1.82, 2.24) is 5.32 Å². The van der Waals surface area contributed by atoms with E-state index in [4.69, 9.17) is 10.8 Å². The van der Waals surface area contributed by atoms with Crippen LogP contribution in [0.3, 0.4) is 0 Å². The van der Waals surface area contributed by atoms with Crippen LogP contribution in [-0.4, -0.2) is 28.8 Å². The summed E-state index contributed by atoms with van der Waals surface area (Å²) in [6.07, 6.45) is 0. The standard InChI is InChI=1S/C9H10N2O5/c1-7(2)8(3(10)12)4(13)11-5(14)9(7,8)6(15)16/h1-2H3,(H2,10,12)(H,15,16)(H,11,13,14). The fourth-order valence-electron chi connectivity index (χ4n) is 3.20. The van der Waals surface area contributed by atoms with Crippen LogP contribution >= 0.6 is 0 Å². The molecule has 0 bridgehead atoms. The van der Waals surface area contributed by atoms with Gasteiger partial charge in [0.15, 0.2) is 10.8 Å². The number of rotatable bonds is 2. The first-order chi connectivity index (χ1) is 7.19. The van der Waals surface area contributed by atoms with Crippen LogP contribution in [0, 0.1) is 16.2 Å². The molecule has 86 valence electrons. The van der Waals surface area contributed by atoms with E-state index in [1.54, 1.807) is 0 Å². The highest BCUT2D eigenvalue weighted by Crippen LogP contribution is 2.80. The molecule has 2 fully saturated rings. The summed E-state index contributed by atoms with van der Waals surface area (Å²) in [6.45, 7) is 2.76. The number of aliphatic carboxylic acids is 1. The topological polar surface area (TPSA) is 127 Å². The molecule has 1 aliphatic carbocycles. The van der Waals surface area contributed by atoms with Crippen molar-refractivity contribution in [2.75, 3.05) is 0 Å². The first-order valence-corrected chi connectivity index (χ1v) is 4.58. The molecule has 2 rings (SSSR count). The molecule has 7 heteroatoms. The van der Waals surface area contributed by atoms with Crippen LogP contribution < -0.4 is 11.1 Å². The van der Waals surface area contributed by atoms with Crippen molar-refractivity contribution in [3.63, 3.8) is 0 Å². The average Bonchev–Trinajstić information content (AvgIpc) is 2.44. The predicted molar refractivity (Wildman–Crippen MR) is 48.6 cm³/mol. The maximum Gasteiger partial charge on any atom is 0.321 e. The number of carboxylic acids is 1. The quantitative estimate of drug-likeness (QED) is 0.379. The van der Waals surface area contributed by atoms with Gasteiger partial charge in [0.25, 0.3) is 0 Å². The van der Waals surface area contributed by atoms with Gasteiger partial charge in [-0.3, -0.25) is 24.5 Å². The molecule has 0 aromatic carbocycles. The molecule has 1 heterocycles. The summed E-state index contributed by atoms with van der Waals surface area (Å²) in [5.41, 5.74) is -0.193. The summed E-state index contributed by atoms with van der Waals surface area (Å²) < 4.78 is 0. The second-order valence-corrected chi connectivity index (χ2v) is 4.58. The van der Waals surface area contributed by atoms with Crippen LogP contribution in [0.2, 0.25) is 0 Å². The molecule has 2 atom stereocenters. The summed E-state index contributed by atoms with van der Waals surface area (Å²) in [5, 5.41) is 11.0. The number of fused-ring (bicyclic) bond motifs is 1. The molecular formula is C9H10N2O5. The first-order valence-electron chi connectivity index (χ1n) is 4.58. The maximum absolute atomic E-state index is 11.6. The Balaban J connectivity index is 2.77. The van der Waals surface area contributed by atoms with E-state index in [9.17, 15) is 19.2 Å². The van der Waals surface area contributed by atoms with Gasteiger partial charge in [-0.25, -0.2) is 0 Å². The van der Waals surface area contributed by atoms with Gasteiger partial charge in [0, 0.05) is 5.41 Å². The summed E-state index contributed by atoms with van der Waals surface area (Å²) in [4.78, 5) is 45.8. The number of primary amides is 1. The number of hydrogen-bond donors (Lipinski definition) is 3. The number of imide groups is 1. The normalized spacial score (nSPS) is 38.9. The van der Waals surface area contributed by atoms with Crippen molar-refractivity contribution < 1.29 is 24.3 Å². The lowest BCUT2D eigenvalue weighted by molar-refractivity contribution is -0.151. The van der Waals surface area contributed by atoms with Gasteiger partial charge in [0.05, 0.1) is 0 Å². The SMILES string of the molecule is CC1(C)C2(C(N)=O)C(=O)NC(=O)C12C(=O)O. The number of carboxylic acid groups (broad SMARTS) is 1. The number of carbonyl (C=O) groups is 4. The molecule has 1 aliphatic heterocycles. The van der Waals surface area contributed by atoms with Crippen molar-refractivity contribution in [2.45, 2.75) is 13.8 Å². The molecule has 2 aliphatic rings. The fourth-order valence-corrected chi connectivity index (χ4v) is 3.20. The van der Waals surface area contributed by atoms with Gasteiger partial charge in [-0.1, -0.05) is 13.8 Å². The zero-order valence-corrected chi connectivity index (χ0v) is 8.66. The zero-order valence-electron chi connectivity index (χ0n) is 8.66. The second kappa shape index (κ2) is 2.26. The van der Waals surface area contributed by atoms with Crippen LogP contribution in [-0.2, 0) is 19.2 Å². The number of nitrogens with one attached hydrogen (secondary N) is 1. The Kier molecular flexibility index (Phi) is 1.49. The molecule has 0 radical (unpaired) electrons. The van der Waals surface area contributed by atoms with E-state index in [0.29, 0.717) is 0 Å². The number of hydrogen-bond acceptors (Lipinski definition) is 4. The smallest absolute Gasteiger partial charge is 0.321 e. The number of carbonyl (C=O) groups excluding carboxylic acids is 3. The van der Waals surface area contributed by atoms with Gasteiger partial charge in [0.2, 0.25) is 17.7 Å². The molecule has 0 spiro atoms. The van der Waals surface area contributed by atoms with Crippen molar-refractivity contribution in [3.05, 3.63) is 0 Å². The minimum Gasteiger partial charge on any atom is -0.480 e. The fraction of sp³-hybridized carbons (Fsp3) is 0.556. The molecule has 1 saturated heterocycles. The van der Waals surface area contributed by atoms with Crippen molar-refractivity contribution in [3.8, 4) is 0 Å². The van der Waals surface area contributed by atoms with Crippen LogP contribution in [0.5, 0.6) is 0 Å². The van der Waals surface area contributed by atoms with E-state index < -0.39 is 39.9 Å². The Hall–Kier alpha value is -1.92. The summed E-state index contributed by atoms with van der Waals surface area (Å²) in [5.74, 6) is -4.46. The van der Waals surface area contributed by atoms with Crippen molar-refractivity contribution in [1.29, 1.82) is 0 Å². The molecule has 2 unspecified atom stereocenters. The van der Waals surface area contributed by atoms with Crippen LogP contribution in [0.4, 0.5) is 0 Å².